The maximum Gasteiger partial charge on any atom is 0.243 e. The number of phenols is 1. The number of amides is 3. The fourth-order valence-electron chi connectivity index (χ4n) is 3.58. The highest BCUT2D eigenvalue weighted by Gasteiger charge is 2.30. The number of carbonyl (C=O) groups is 3. The molecule has 3 amide bonds. The fraction of sp³-hybridized carbons (Fsp3) is 0.444. The number of rotatable bonds is 14. The maximum atomic E-state index is 13.4. The average Bonchev–Trinajstić information content (AvgIpc) is 2.89. The van der Waals surface area contributed by atoms with E-state index in [4.69, 9.17) is 5.73 Å². The molecule has 2 aromatic rings. The van der Waals surface area contributed by atoms with Gasteiger partial charge in [-0.3, -0.25) is 14.4 Å². The van der Waals surface area contributed by atoms with Crippen LogP contribution in [0.5, 0.6) is 5.75 Å². The number of thioether (sulfide) groups is 1. The van der Waals surface area contributed by atoms with Gasteiger partial charge in [-0.15, -0.1) is 12.4 Å². The summed E-state index contributed by atoms with van der Waals surface area (Å²) in [5.74, 6) is -0.465. The monoisotopic (exact) mass is 550 g/mol. The van der Waals surface area contributed by atoms with Crippen LogP contribution in [0.3, 0.4) is 0 Å². The summed E-state index contributed by atoms with van der Waals surface area (Å²) < 4.78 is 0. The lowest BCUT2D eigenvalue weighted by Crippen LogP contribution is -2.57. The first-order valence-corrected chi connectivity index (χ1v) is 13.6. The molecule has 0 spiro atoms. The second-order valence-corrected chi connectivity index (χ2v) is 9.88. The van der Waals surface area contributed by atoms with Crippen molar-refractivity contribution >= 4 is 41.9 Å². The summed E-state index contributed by atoms with van der Waals surface area (Å²) in [6, 6.07) is 13.5. The average molecular weight is 551 g/mol. The highest BCUT2D eigenvalue weighted by molar-refractivity contribution is 7.98. The van der Waals surface area contributed by atoms with Gasteiger partial charge in [0.1, 0.15) is 17.8 Å². The SMILES string of the molecule is CCC(C)[C@H](NC(=O)[C@H](Cc1ccc(O)cc1)NC(=O)[C@@H](N)CCSC)C(=O)NCc1ccccc1.Cl. The summed E-state index contributed by atoms with van der Waals surface area (Å²) >= 11 is 1.59. The predicted octanol–water partition coefficient (Wildman–Crippen LogP) is 2.77. The van der Waals surface area contributed by atoms with Crippen LogP contribution >= 0.6 is 24.2 Å². The Labute approximate surface area is 230 Å². The maximum absolute atomic E-state index is 13.4. The lowest BCUT2D eigenvalue weighted by Gasteiger charge is -2.27. The zero-order valence-corrected chi connectivity index (χ0v) is 23.2. The molecule has 4 atom stereocenters. The molecule has 6 N–H and O–H groups in total. The van der Waals surface area contributed by atoms with Crippen molar-refractivity contribution in [2.24, 2.45) is 11.7 Å². The second kappa shape index (κ2) is 16.9. The number of hydrogen-bond acceptors (Lipinski definition) is 6. The molecule has 0 radical (unpaired) electrons. The van der Waals surface area contributed by atoms with Crippen LogP contribution in [0.1, 0.15) is 37.8 Å². The standard InChI is InChI=1S/C27H38N4O4S.ClH/c1-4-18(2)24(27(35)29-17-20-8-6-5-7-9-20)31-26(34)23(16-19-10-12-21(32)13-11-19)30-25(33)22(28)14-15-36-3;/h5-13,18,22-24,32H,4,14-17,28H2,1-3H3,(H,29,35)(H,30,33)(H,31,34);1H/t18?,22-,23-,24-;/m0./s1. The number of nitrogens with one attached hydrogen (secondary N) is 3. The van der Waals surface area contributed by atoms with Gasteiger partial charge < -0.3 is 26.8 Å². The Morgan fingerprint density at radius 3 is 2.19 bits per heavy atom. The molecule has 0 aromatic heterocycles. The third kappa shape index (κ3) is 11.0. The van der Waals surface area contributed by atoms with Gasteiger partial charge in [0.05, 0.1) is 6.04 Å². The van der Waals surface area contributed by atoms with Gasteiger partial charge >= 0.3 is 0 Å². The van der Waals surface area contributed by atoms with Crippen molar-refractivity contribution in [2.75, 3.05) is 12.0 Å². The first-order chi connectivity index (χ1) is 17.2. The molecular formula is C27H39ClN4O4S. The van der Waals surface area contributed by atoms with Gasteiger partial charge in [0.2, 0.25) is 17.7 Å². The molecule has 10 heteroatoms. The number of carbonyl (C=O) groups excluding carboxylic acids is 3. The van der Waals surface area contributed by atoms with Crippen LogP contribution < -0.4 is 21.7 Å². The molecule has 0 aliphatic carbocycles. The van der Waals surface area contributed by atoms with Crippen LogP contribution in [-0.2, 0) is 27.3 Å². The first-order valence-electron chi connectivity index (χ1n) is 12.2. The van der Waals surface area contributed by atoms with E-state index >= 15 is 0 Å². The summed E-state index contributed by atoms with van der Waals surface area (Å²) in [6.45, 7) is 4.20. The number of phenolic OH excluding ortho intramolecular Hbond substituents is 1. The lowest BCUT2D eigenvalue weighted by atomic mass is 9.97. The van der Waals surface area contributed by atoms with E-state index in [1.807, 2.05) is 50.4 Å². The van der Waals surface area contributed by atoms with E-state index in [0.29, 0.717) is 19.4 Å². The molecule has 0 bridgehead atoms. The third-order valence-corrected chi connectivity index (χ3v) is 6.73. The van der Waals surface area contributed by atoms with Crippen LogP contribution in [0, 0.1) is 5.92 Å². The van der Waals surface area contributed by atoms with Crippen LogP contribution in [0.4, 0.5) is 0 Å². The van der Waals surface area contributed by atoms with Gasteiger partial charge in [0.25, 0.3) is 0 Å². The Morgan fingerprint density at radius 2 is 1.59 bits per heavy atom. The number of benzene rings is 2. The van der Waals surface area contributed by atoms with E-state index in [1.54, 1.807) is 23.9 Å². The molecule has 0 saturated heterocycles. The molecule has 0 fully saturated rings. The van der Waals surface area contributed by atoms with Gasteiger partial charge in [-0.1, -0.05) is 62.7 Å². The van der Waals surface area contributed by atoms with E-state index in [2.05, 4.69) is 16.0 Å². The molecular weight excluding hydrogens is 512 g/mol. The minimum atomic E-state index is -0.934. The molecule has 204 valence electrons. The second-order valence-electron chi connectivity index (χ2n) is 8.89. The van der Waals surface area contributed by atoms with Crippen molar-refractivity contribution < 1.29 is 19.5 Å². The molecule has 0 heterocycles. The summed E-state index contributed by atoms with van der Waals surface area (Å²) in [4.78, 5) is 39.2. The highest BCUT2D eigenvalue weighted by Crippen LogP contribution is 2.13. The zero-order chi connectivity index (χ0) is 26.5. The van der Waals surface area contributed by atoms with Crippen molar-refractivity contribution in [3.8, 4) is 5.75 Å². The molecule has 0 aliphatic heterocycles. The molecule has 37 heavy (non-hydrogen) atoms. The van der Waals surface area contributed by atoms with Gasteiger partial charge in [-0.05, 0) is 47.6 Å². The fourth-order valence-corrected chi connectivity index (χ4v) is 4.07. The van der Waals surface area contributed by atoms with Gasteiger partial charge in [0, 0.05) is 13.0 Å². The van der Waals surface area contributed by atoms with Crippen LogP contribution in [-0.4, -0.2) is 53.0 Å². The Morgan fingerprint density at radius 1 is 0.946 bits per heavy atom. The van der Waals surface area contributed by atoms with E-state index in [1.165, 1.54) is 12.1 Å². The van der Waals surface area contributed by atoms with Crippen LogP contribution in [0.15, 0.2) is 54.6 Å². The topological polar surface area (TPSA) is 134 Å². The number of hydrogen-bond donors (Lipinski definition) is 5. The Kier molecular flexibility index (Phi) is 14.7. The normalized spacial score (nSPS) is 13.8. The minimum absolute atomic E-state index is 0. The molecule has 0 saturated carbocycles. The van der Waals surface area contributed by atoms with Crippen molar-refractivity contribution in [3.63, 3.8) is 0 Å². The van der Waals surface area contributed by atoms with E-state index in [9.17, 15) is 19.5 Å². The molecule has 0 aliphatic rings. The number of halogens is 1. The van der Waals surface area contributed by atoms with Gasteiger partial charge in [-0.25, -0.2) is 0 Å². The first kappa shape index (κ1) is 32.3. The van der Waals surface area contributed by atoms with Gasteiger partial charge in [0.15, 0.2) is 0 Å². The Balaban J connectivity index is 0.00000684. The molecule has 8 nitrogen and oxygen atoms in total. The Bertz CT molecular complexity index is 978. The number of nitrogens with two attached hydrogens (primary N) is 1. The Hall–Kier alpha value is -2.75. The zero-order valence-electron chi connectivity index (χ0n) is 21.6. The van der Waals surface area contributed by atoms with Crippen molar-refractivity contribution in [1.29, 1.82) is 0 Å². The van der Waals surface area contributed by atoms with E-state index < -0.39 is 29.9 Å². The molecule has 2 aromatic carbocycles. The summed E-state index contributed by atoms with van der Waals surface area (Å²) in [6.07, 6.45) is 3.28. The lowest BCUT2D eigenvalue weighted by molar-refractivity contribution is -0.133. The predicted molar refractivity (Wildman–Crippen MR) is 152 cm³/mol. The van der Waals surface area contributed by atoms with Crippen LogP contribution in [0.25, 0.3) is 0 Å². The minimum Gasteiger partial charge on any atom is -0.508 e. The largest absolute Gasteiger partial charge is 0.508 e. The summed E-state index contributed by atoms with van der Waals surface area (Å²) in [5, 5.41) is 18.1. The molecule has 2 rings (SSSR count). The highest BCUT2D eigenvalue weighted by atomic mass is 35.5. The van der Waals surface area contributed by atoms with E-state index in [-0.39, 0.29) is 36.4 Å². The number of aromatic hydroxyl groups is 1. The summed E-state index contributed by atoms with van der Waals surface area (Å²) in [7, 11) is 0. The third-order valence-electron chi connectivity index (χ3n) is 6.08. The van der Waals surface area contributed by atoms with Crippen LogP contribution in [0.2, 0.25) is 0 Å². The van der Waals surface area contributed by atoms with Crippen molar-refractivity contribution in [2.45, 2.75) is 57.8 Å². The van der Waals surface area contributed by atoms with E-state index in [0.717, 1.165) is 16.9 Å². The van der Waals surface area contributed by atoms with Crippen molar-refractivity contribution in [3.05, 3.63) is 65.7 Å². The smallest absolute Gasteiger partial charge is 0.243 e. The van der Waals surface area contributed by atoms with Gasteiger partial charge in [-0.2, -0.15) is 11.8 Å². The molecule has 1 unspecified atom stereocenters. The van der Waals surface area contributed by atoms with Crippen molar-refractivity contribution in [1.82, 2.24) is 16.0 Å². The summed E-state index contributed by atoms with van der Waals surface area (Å²) in [5.41, 5.74) is 7.73. The quantitative estimate of drug-likeness (QED) is 0.245.